The van der Waals surface area contributed by atoms with E-state index in [4.69, 9.17) is 16.0 Å². The zero-order chi connectivity index (χ0) is 9.42. The lowest BCUT2D eigenvalue weighted by Gasteiger charge is -1.88. The van der Waals surface area contributed by atoms with Crippen molar-refractivity contribution in [2.24, 2.45) is 0 Å². The molecule has 0 fully saturated rings. The molecule has 0 bridgehead atoms. The van der Waals surface area contributed by atoms with Crippen molar-refractivity contribution in [3.63, 3.8) is 0 Å². The Morgan fingerprint density at radius 3 is 3.00 bits per heavy atom. The molecule has 2 rings (SSSR count). The number of nitrogens with zero attached hydrogens (tertiary/aromatic N) is 2. The second kappa shape index (κ2) is 2.70. The van der Waals surface area contributed by atoms with E-state index in [1.54, 1.807) is 0 Å². The quantitative estimate of drug-likeness (QED) is 0.521. The summed E-state index contributed by atoms with van der Waals surface area (Å²) in [6.07, 6.45) is 0. The van der Waals surface area contributed by atoms with Gasteiger partial charge in [0.1, 0.15) is 5.52 Å². The minimum absolute atomic E-state index is 0.0181. The van der Waals surface area contributed by atoms with Crippen molar-refractivity contribution in [2.75, 3.05) is 0 Å². The Bertz CT molecular complexity index is 480. The average Bonchev–Trinajstić information content (AvgIpc) is 2.42. The van der Waals surface area contributed by atoms with Crippen LogP contribution in [-0.4, -0.2) is 9.91 Å². The van der Waals surface area contributed by atoms with Crippen molar-refractivity contribution >= 4 is 28.4 Å². The van der Waals surface area contributed by atoms with Crippen LogP contribution in [0.15, 0.2) is 22.6 Å². The molecule has 0 aliphatic heterocycles. The fraction of sp³-hybridized carbons (Fsp3) is 0. The molecule has 0 saturated heterocycles. The molecule has 1 heterocycles. The molecule has 0 amide bonds. The third-order valence-corrected chi connectivity index (χ3v) is 1.72. The van der Waals surface area contributed by atoms with Crippen molar-refractivity contribution in [3.05, 3.63) is 33.7 Å². The molecule has 2 aromatic rings. The Labute approximate surface area is 77.1 Å². The van der Waals surface area contributed by atoms with Gasteiger partial charge in [-0.2, -0.15) is 4.98 Å². The van der Waals surface area contributed by atoms with E-state index in [-0.39, 0.29) is 11.0 Å². The fourth-order valence-corrected chi connectivity index (χ4v) is 1.18. The summed E-state index contributed by atoms with van der Waals surface area (Å²) in [5.41, 5.74) is 0.798. The first-order valence-electron chi connectivity index (χ1n) is 3.37. The Balaban J connectivity index is 2.67. The van der Waals surface area contributed by atoms with E-state index in [2.05, 4.69) is 4.98 Å². The fourth-order valence-electron chi connectivity index (χ4n) is 1.00. The molecule has 5 nitrogen and oxygen atoms in total. The highest BCUT2D eigenvalue weighted by molar-refractivity contribution is 6.28. The first-order chi connectivity index (χ1) is 6.16. The third-order valence-electron chi connectivity index (χ3n) is 1.56. The number of oxazole rings is 1. The molecule has 1 aromatic carbocycles. The van der Waals surface area contributed by atoms with Crippen LogP contribution in [0.2, 0.25) is 5.35 Å². The Morgan fingerprint density at radius 1 is 1.54 bits per heavy atom. The maximum absolute atomic E-state index is 10.4. The summed E-state index contributed by atoms with van der Waals surface area (Å²) in [5.74, 6) is 0. The lowest BCUT2D eigenvalue weighted by atomic mass is 10.3. The number of nitro benzene ring substituents is 1. The minimum Gasteiger partial charge on any atom is -0.428 e. The molecule has 0 aliphatic rings. The number of hydrogen-bond donors (Lipinski definition) is 0. The smallest absolute Gasteiger partial charge is 0.293 e. The number of hydrogen-bond acceptors (Lipinski definition) is 4. The van der Waals surface area contributed by atoms with Crippen molar-refractivity contribution in [2.45, 2.75) is 0 Å². The standard InChI is InChI=1S/C7H3ClN2O3/c8-7-9-5-3-4(10(11)12)1-2-6(5)13-7/h1-3H. The summed E-state index contributed by atoms with van der Waals surface area (Å²) in [5, 5.41) is 10.3. The first kappa shape index (κ1) is 8.00. The Kier molecular flexibility index (Phi) is 1.66. The van der Waals surface area contributed by atoms with Crippen molar-refractivity contribution in [1.29, 1.82) is 0 Å². The number of aromatic nitrogens is 1. The largest absolute Gasteiger partial charge is 0.428 e. The Morgan fingerprint density at radius 2 is 2.31 bits per heavy atom. The molecule has 0 N–H and O–H groups in total. The lowest BCUT2D eigenvalue weighted by molar-refractivity contribution is -0.384. The van der Waals surface area contributed by atoms with Crippen LogP contribution < -0.4 is 0 Å². The number of non-ortho nitro benzene ring substituents is 1. The zero-order valence-corrected chi connectivity index (χ0v) is 6.99. The van der Waals surface area contributed by atoms with Gasteiger partial charge in [0, 0.05) is 12.1 Å². The van der Waals surface area contributed by atoms with E-state index >= 15 is 0 Å². The number of nitro groups is 1. The van der Waals surface area contributed by atoms with Gasteiger partial charge in [-0.1, -0.05) is 0 Å². The van der Waals surface area contributed by atoms with Crippen molar-refractivity contribution in [1.82, 2.24) is 4.98 Å². The van der Waals surface area contributed by atoms with E-state index in [0.717, 1.165) is 0 Å². The average molecular weight is 199 g/mol. The van der Waals surface area contributed by atoms with Crippen LogP contribution in [0.1, 0.15) is 0 Å². The van der Waals surface area contributed by atoms with E-state index in [0.29, 0.717) is 11.1 Å². The third kappa shape index (κ3) is 1.33. The van der Waals surface area contributed by atoms with Gasteiger partial charge in [-0.15, -0.1) is 0 Å². The maximum Gasteiger partial charge on any atom is 0.293 e. The normalized spacial score (nSPS) is 10.5. The summed E-state index contributed by atoms with van der Waals surface area (Å²) < 4.78 is 4.93. The number of fused-ring (bicyclic) bond motifs is 1. The molecular weight excluding hydrogens is 196 g/mol. The summed E-state index contributed by atoms with van der Waals surface area (Å²) in [6.45, 7) is 0. The van der Waals surface area contributed by atoms with E-state index < -0.39 is 4.92 Å². The molecule has 0 saturated carbocycles. The van der Waals surface area contributed by atoms with Gasteiger partial charge in [0.05, 0.1) is 4.92 Å². The van der Waals surface area contributed by atoms with Gasteiger partial charge in [-0.05, 0) is 17.7 Å². The number of halogens is 1. The predicted octanol–water partition coefficient (Wildman–Crippen LogP) is 2.39. The molecule has 6 heteroatoms. The van der Waals surface area contributed by atoms with Crippen molar-refractivity contribution < 1.29 is 9.34 Å². The van der Waals surface area contributed by atoms with Gasteiger partial charge < -0.3 is 4.42 Å². The molecule has 13 heavy (non-hydrogen) atoms. The Hall–Kier alpha value is -1.62. The minimum atomic E-state index is -0.498. The topological polar surface area (TPSA) is 69.2 Å². The highest BCUT2D eigenvalue weighted by Gasteiger charge is 2.09. The van der Waals surface area contributed by atoms with Crippen LogP contribution in [0.5, 0.6) is 0 Å². The van der Waals surface area contributed by atoms with Crippen LogP contribution in [0.25, 0.3) is 11.1 Å². The summed E-state index contributed by atoms with van der Waals surface area (Å²) in [7, 11) is 0. The highest BCUT2D eigenvalue weighted by atomic mass is 35.5. The van der Waals surface area contributed by atoms with Gasteiger partial charge in [0.2, 0.25) is 0 Å². The van der Waals surface area contributed by atoms with Gasteiger partial charge >= 0.3 is 0 Å². The number of rotatable bonds is 1. The van der Waals surface area contributed by atoms with Crippen LogP contribution >= 0.6 is 11.6 Å². The summed E-state index contributed by atoms with van der Waals surface area (Å²) >= 11 is 5.47. The second-order valence-electron chi connectivity index (χ2n) is 2.38. The predicted molar refractivity (Wildman–Crippen MR) is 45.7 cm³/mol. The summed E-state index contributed by atoms with van der Waals surface area (Å²) in [6, 6.07) is 4.11. The highest BCUT2D eigenvalue weighted by Crippen LogP contribution is 2.22. The van der Waals surface area contributed by atoms with Gasteiger partial charge in [-0.3, -0.25) is 10.1 Å². The van der Waals surface area contributed by atoms with Gasteiger partial charge in [0.25, 0.3) is 11.0 Å². The maximum atomic E-state index is 10.4. The molecule has 0 unspecified atom stereocenters. The molecule has 0 aliphatic carbocycles. The first-order valence-corrected chi connectivity index (χ1v) is 3.75. The lowest BCUT2D eigenvalue weighted by Crippen LogP contribution is -1.86. The van der Waals surface area contributed by atoms with Crippen molar-refractivity contribution in [3.8, 4) is 0 Å². The number of benzene rings is 1. The molecule has 0 radical (unpaired) electrons. The van der Waals surface area contributed by atoms with Gasteiger partial charge in [-0.25, -0.2) is 0 Å². The molecule has 0 atom stereocenters. The molecular formula is C7H3ClN2O3. The zero-order valence-electron chi connectivity index (χ0n) is 6.23. The van der Waals surface area contributed by atoms with Crippen LogP contribution in [0.3, 0.4) is 0 Å². The monoisotopic (exact) mass is 198 g/mol. The van der Waals surface area contributed by atoms with Crippen LogP contribution in [0.4, 0.5) is 5.69 Å². The van der Waals surface area contributed by atoms with Gasteiger partial charge in [0.15, 0.2) is 5.58 Å². The SMILES string of the molecule is O=[N+]([O-])c1ccc2oc(Cl)nc2c1. The van der Waals surface area contributed by atoms with Crippen LogP contribution in [0, 0.1) is 10.1 Å². The summed E-state index contributed by atoms with van der Waals surface area (Å²) in [4.78, 5) is 13.6. The molecule has 66 valence electrons. The van der Waals surface area contributed by atoms with E-state index in [1.165, 1.54) is 18.2 Å². The van der Waals surface area contributed by atoms with Crippen LogP contribution in [-0.2, 0) is 0 Å². The second-order valence-corrected chi connectivity index (χ2v) is 2.70. The van der Waals surface area contributed by atoms with E-state index in [9.17, 15) is 10.1 Å². The molecule has 0 spiro atoms. The van der Waals surface area contributed by atoms with E-state index in [1.807, 2.05) is 0 Å². The molecule has 1 aromatic heterocycles.